The van der Waals surface area contributed by atoms with Crippen molar-refractivity contribution in [1.82, 2.24) is 0 Å². The van der Waals surface area contributed by atoms with Crippen LogP contribution in [0.25, 0.3) is 0 Å². The Kier molecular flexibility index (Phi) is 2.29. The average molecular weight is 204 g/mol. The van der Waals surface area contributed by atoms with Crippen molar-refractivity contribution in [2.45, 2.75) is 33.3 Å². The molecule has 0 heterocycles. The van der Waals surface area contributed by atoms with E-state index in [1.54, 1.807) is 0 Å². The van der Waals surface area contributed by atoms with Gasteiger partial charge < -0.3 is 4.74 Å². The third kappa shape index (κ3) is 1.76. The monoisotopic (exact) mass is 204 g/mol. The summed E-state index contributed by atoms with van der Waals surface area (Å²) in [6.45, 7) is 5.75. The van der Waals surface area contributed by atoms with Crippen molar-refractivity contribution in [1.29, 1.82) is 0 Å². The van der Waals surface area contributed by atoms with E-state index in [2.05, 4.69) is 26.0 Å². The van der Waals surface area contributed by atoms with Crippen molar-refractivity contribution >= 4 is 5.97 Å². The van der Waals surface area contributed by atoms with Crippen LogP contribution in [0.4, 0.5) is 0 Å². The Morgan fingerprint density at radius 2 is 2.07 bits per heavy atom. The molecule has 15 heavy (non-hydrogen) atoms. The third-order valence-corrected chi connectivity index (χ3v) is 2.98. The molecular weight excluding hydrogens is 188 g/mol. The lowest BCUT2D eigenvalue weighted by molar-refractivity contribution is -0.152. The number of carbonyl (C=O) groups is 1. The fourth-order valence-electron chi connectivity index (χ4n) is 2.34. The smallest absolute Gasteiger partial charge is 0.303 e. The molecule has 0 saturated carbocycles. The van der Waals surface area contributed by atoms with E-state index in [0.29, 0.717) is 0 Å². The van der Waals surface area contributed by atoms with Crippen LogP contribution < -0.4 is 0 Å². The normalized spacial score (nSPS) is 22.2. The number of hydrogen-bond acceptors (Lipinski definition) is 2. The second-order valence-electron chi connectivity index (χ2n) is 4.85. The molecule has 0 aromatic heterocycles. The van der Waals surface area contributed by atoms with Crippen molar-refractivity contribution in [3.8, 4) is 0 Å². The summed E-state index contributed by atoms with van der Waals surface area (Å²) in [6, 6.07) is 8.19. The number of esters is 1. The number of hydrogen-bond donors (Lipinski definition) is 0. The molecule has 2 rings (SSSR count). The summed E-state index contributed by atoms with van der Waals surface area (Å²) in [7, 11) is 0. The van der Waals surface area contributed by atoms with Gasteiger partial charge in [-0.2, -0.15) is 0 Å². The zero-order valence-corrected chi connectivity index (χ0v) is 9.41. The molecule has 0 radical (unpaired) electrons. The Morgan fingerprint density at radius 1 is 1.40 bits per heavy atom. The van der Waals surface area contributed by atoms with E-state index < -0.39 is 0 Å². The zero-order valence-electron chi connectivity index (χ0n) is 9.41. The van der Waals surface area contributed by atoms with E-state index in [1.165, 1.54) is 12.5 Å². The number of fused-ring (bicyclic) bond motifs is 1. The van der Waals surface area contributed by atoms with Crippen molar-refractivity contribution < 1.29 is 9.53 Å². The maximum atomic E-state index is 11.1. The van der Waals surface area contributed by atoms with E-state index in [9.17, 15) is 4.79 Å². The Morgan fingerprint density at radius 3 is 2.73 bits per heavy atom. The lowest BCUT2D eigenvalue weighted by atomic mass is 9.87. The number of ether oxygens (including phenoxy) is 1. The summed E-state index contributed by atoms with van der Waals surface area (Å²) in [5.41, 5.74) is 2.47. The van der Waals surface area contributed by atoms with Crippen LogP contribution in [-0.4, -0.2) is 5.97 Å². The second-order valence-corrected chi connectivity index (χ2v) is 4.85. The summed E-state index contributed by atoms with van der Waals surface area (Å²) >= 11 is 0. The van der Waals surface area contributed by atoms with Crippen molar-refractivity contribution in [2.24, 2.45) is 5.41 Å². The van der Waals surface area contributed by atoms with Crippen LogP contribution in [0.1, 0.15) is 38.0 Å². The van der Waals surface area contributed by atoms with Crippen molar-refractivity contribution in [2.75, 3.05) is 0 Å². The molecule has 1 aliphatic rings. The molecule has 0 amide bonds. The first-order valence-electron chi connectivity index (χ1n) is 5.26. The number of rotatable bonds is 1. The molecule has 80 valence electrons. The molecule has 1 atom stereocenters. The van der Waals surface area contributed by atoms with Gasteiger partial charge in [-0.3, -0.25) is 4.79 Å². The average Bonchev–Trinajstić information content (AvgIpc) is 2.37. The molecule has 0 spiro atoms. The van der Waals surface area contributed by atoms with Crippen LogP contribution in [0.5, 0.6) is 0 Å². The van der Waals surface area contributed by atoms with E-state index in [1.807, 2.05) is 12.1 Å². The van der Waals surface area contributed by atoms with Gasteiger partial charge in [0.25, 0.3) is 0 Å². The van der Waals surface area contributed by atoms with Crippen molar-refractivity contribution in [3.63, 3.8) is 0 Å². The largest absolute Gasteiger partial charge is 0.457 e. The number of benzene rings is 1. The maximum Gasteiger partial charge on any atom is 0.303 e. The van der Waals surface area contributed by atoms with Crippen LogP contribution >= 0.6 is 0 Å². The molecule has 0 aliphatic heterocycles. The minimum atomic E-state index is -0.204. The fourth-order valence-corrected chi connectivity index (χ4v) is 2.34. The molecular formula is C13H16O2. The van der Waals surface area contributed by atoms with E-state index in [0.717, 1.165) is 12.0 Å². The maximum absolute atomic E-state index is 11.1. The highest BCUT2D eigenvalue weighted by Crippen LogP contribution is 2.47. The second kappa shape index (κ2) is 3.37. The Labute approximate surface area is 90.3 Å². The molecule has 0 bridgehead atoms. The molecule has 2 nitrogen and oxygen atoms in total. The Hall–Kier alpha value is -1.31. The summed E-state index contributed by atoms with van der Waals surface area (Å²) in [4.78, 5) is 11.1. The Bertz CT molecular complexity index is 393. The summed E-state index contributed by atoms with van der Waals surface area (Å²) in [5.74, 6) is -0.204. The van der Waals surface area contributed by atoms with Gasteiger partial charge in [-0.25, -0.2) is 0 Å². The predicted octanol–water partition coefficient (Wildman–Crippen LogP) is 2.87. The first-order valence-corrected chi connectivity index (χ1v) is 5.26. The molecule has 0 fully saturated rings. The molecule has 0 N–H and O–H groups in total. The lowest BCUT2D eigenvalue weighted by Gasteiger charge is -2.26. The van der Waals surface area contributed by atoms with Gasteiger partial charge in [0.05, 0.1) is 0 Å². The molecule has 1 unspecified atom stereocenters. The number of carbonyl (C=O) groups excluding carboxylic acids is 1. The van der Waals surface area contributed by atoms with Gasteiger partial charge in [-0.1, -0.05) is 38.1 Å². The predicted molar refractivity (Wildman–Crippen MR) is 58.4 cm³/mol. The lowest BCUT2D eigenvalue weighted by Crippen LogP contribution is -2.22. The van der Waals surface area contributed by atoms with Gasteiger partial charge in [0.1, 0.15) is 6.10 Å². The van der Waals surface area contributed by atoms with Crippen LogP contribution in [0.2, 0.25) is 0 Å². The first kappa shape index (κ1) is 10.2. The van der Waals surface area contributed by atoms with Gasteiger partial charge >= 0.3 is 5.97 Å². The Balaban J connectivity index is 2.38. The fraction of sp³-hybridized carbons (Fsp3) is 0.462. The van der Waals surface area contributed by atoms with Gasteiger partial charge in [0.15, 0.2) is 0 Å². The standard InChI is InChI=1S/C13H16O2/c1-9(14)15-12-11-7-5-4-6-10(11)8-13(12,2)3/h4-7,12H,8H2,1-3H3. The third-order valence-electron chi connectivity index (χ3n) is 2.98. The minimum absolute atomic E-state index is 0.00928. The van der Waals surface area contributed by atoms with E-state index in [-0.39, 0.29) is 17.5 Å². The highest BCUT2D eigenvalue weighted by Gasteiger charge is 2.40. The highest BCUT2D eigenvalue weighted by molar-refractivity contribution is 5.66. The SMILES string of the molecule is CC(=O)OC1c2ccccc2CC1(C)C. The van der Waals surface area contributed by atoms with E-state index in [4.69, 9.17) is 4.74 Å². The molecule has 1 aromatic carbocycles. The van der Waals surface area contributed by atoms with Gasteiger partial charge in [-0.15, -0.1) is 0 Å². The summed E-state index contributed by atoms with van der Waals surface area (Å²) in [5, 5.41) is 0. The van der Waals surface area contributed by atoms with Crippen LogP contribution in [0, 0.1) is 5.41 Å². The molecule has 0 saturated heterocycles. The van der Waals surface area contributed by atoms with Gasteiger partial charge in [0, 0.05) is 12.3 Å². The molecule has 1 aliphatic carbocycles. The zero-order chi connectivity index (χ0) is 11.1. The van der Waals surface area contributed by atoms with Gasteiger partial charge in [-0.05, 0) is 17.5 Å². The topological polar surface area (TPSA) is 26.3 Å². The summed E-state index contributed by atoms with van der Waals surface area (Å²) < 4.78 is 5.41. The van der Waals surface area contributed by atoms with Crippen LogP contribution in [-0.2, 0) is 16.0 Å². The minimum Gasteiger partial charge on any atom is -0.457 e. The highest BCUT2D eigenvalue weighted by atomic mass is 16.5. The van der Waals surface area contributed by atoms with Crippen LogP contribution in [0.3, 0.4) is 0 Å². The van der Waals surface area contributed by atoms with Crippen LogP contribution in [0.15, 0.2) is 24.3 Å². The summed E-state index contributed by atoms with van der Waals surface area (Å²) in [6.07, 6.45) is 0.882. The quantitative estimate of drug-likeness (QED) is 0.657. The molecule has 2 heteroatoms. The molecule has 1 aromatic rings. The van der Waals surface area contributed by atoms with Crippen molar-refractivity contribution in [3.05, 3.63) is 35.4 Å². The first-order chi connectivity index (χ1) is 7.00. The van der Waals surface area contributed by atoms with Gasteiger partial charge in [0.2, 0.25) is 0 Å². The van der Waals surface area contributed by atoms with E-state index >= 15 is 0 Å².